The first-order valence-corrected chi connectivity index (χ1v) is 8.29. The summed E-state index contributed by atoms with van der Waals surface area (Å²) in [5, 5.41) is 6.43. The molecule has 8 heteroatoms. The minimum atomic E-state index is -0.653. The van der Waals surface area contributed by atoms with Gasteiger partial charge in [0.15, 0.2) is 6.04 Å². The van der Waals surface area contributed by atoms with Crippen molar-refractivity contribution in [2.45, 2.75) is 13.0 Å². The predicted octanol–water partition coefficient (Wildman–Crippen LogP) is 2.89. The number of ether oxygens (including phenoxy) is 2. The van der Waals surface area contributed by atoms with Crippen molar-refractivity contribution in [2.75, 3.05) is 27.9 Å². The van der Waals surface area contributed by atoms with Gasteiger partial charge in [0.2, 0.25) is 5.88 Å². The highest BCUT2D eigenvalue weighted by Gasteiger charge is 2.22. The molecule has 1 unspecified atom stereocenters. The zero-order chi connectivity index (χ0) is 19.1. The second-order valence-electron chi connectivity index (χ2n) is 5.57. The molecule has 1 heterocycles. The van der Waals surface area contributed by atoms with E-state index in [9.17, 15) is 4.79 Å². The number of aromatic nitrogens is 2. The van der Waals surface area contributed by atoms with Gasteiger partial charge < -0.3 is 14.3 Å². The van der Waals surface area contributed by atoms with E-state index in [1.165, 1.54) is 19.3 Å². The van der Waals surface area contributed by atoms with Gasteiger partial charge in [0.1, 0.15) is 6.61 Å². The second-order valence-corrected chi connectivity index (χ2v) is 6.01. The van der Waals surface area contributed by atoms with Crippen molar-refractivity contribution >= 4 is 17.6 Å². The molecule has 26 heavy (non-hydrogen) atoms. The number of benzene rings is 1. The van der Waals surface area contributed by atoms with E-state index < -0.39 is 12.0 Å². The average molecular weight is 380 g/mol. The molecule has 1 aromatic heterocycles. The van der Waals surface area contributed by atoms with Crippen LogP contribution in [0.15, 0.2) is 48.2 Å². The fourth-order valence-corrected chi connectivity index (χ4v) is 2.31. The van der Waals surface area contributed by atoms with Crippen molar-refractivity contribution in [1.29, 1.82) is 0 Å². The summed E-state index contributed by atoms with van der Waals surface area (Å²) >= 11 is 5.89. The van der Waals surface area contributed by atoms with E-state index in [4.69, 9.17) is 25.9 Å². The summed E-state index contributed by atoms with van der Waals surface area (Å²) in [6.45, 7) is 2.14. The van der Waals surface area contributed by atoms with Gasteiger partial charge in [-0.05, 0) is 36.8 Å². The largest absolute Gasteiger partial charge is 0.472 e. The predicted molar refractivity (Wildman–Crippen MR) is 98.4 cm³/mol. The molecule has 0 fully saturated rings. The molecule has 0 amide bonds. The van der Waals surface area contributed by atoms with Crippen LogP contribution in [0.3, 0.4) is 0 Å². The van der Waals surface area contributed by atoms with Gasteiger partial charge in [-0.15, -0.1) is 5.10 Å². The summed E-state index contributed by atoms with van der Waals surface area (Å²) in [7, 11) is 4.47. The van der Waals surface area contributed by atoms with Crippen molar-refractivity contribution in [2.24, 2.45) is 0 Å². The molecule has 0 aliphatic heterocycles. The number of methoxy groups -OCH3 is 1. The third-order valence-electron chi connectivity index (χ3n) is 3.67. The minimum Gasteiger partial charge on any atom is -0.472 e. The number of nitrogens with zero attached hydrogens (tertiary/aromatic N) is 3. The van der Waals surface area contributed by atoms with Gasteiger partial charge in [0, 0.05) is 24.3 Å². The van der Waals surface area contributed by atoms with E-state index in [-0.39, 0.29) is 6.61 Å². The number of halogens is 1. The Hall–Kier alpha value is -2.35. The number of hydroxylamine groups is 2. The number of carbonyl (C=O) groups excluding carboxylic acids is 1. The first-order chi connectivity index (χ1) is 12.4. The number of carbonyl (C=O) groups is 1. The lowest BCUT2D eigenvalue weighted by atomic mass is 10.2. The SMILES string of the molecule is COC(=O)C(C=C(C)COc1ccn(-c2ccc(Cl)cc2)n1)N(C)OC. The summed E-state index contributed by atoms with van der Waals surface area (Å²) in [4.78, 5) is 16.9. The van der Waals surface area contributed by atoms with Gasteiger partial charge in [0.25, 0.3) is 0 Å². The fraction of sp³-hybridized carbons (Fsp3) is 0.333. The van der Waals surface area contributed by atoms with Gasteiger partial charge in [-0.25, -0.2) is 9.48 Å². The van der Waals surface area contributed by atoms with Gasteiger partial charge >= 0.3 is 5.97 Å². The maximum Gasteiger partial charge on any atom is 0.329 e. The average Bonchev–Trinajstić information content (AvgIpc) is 3.12. The van der Waals surface area contributed by atoms with Crippen LogP contribution in [0, 0.1) is 0 Å². The lowest BCUT2D eigenvalue weighted by Gasteiger charge is -2.21. The van der Waals surface area contributed by atoms with Crippen LogP contribution in [-0.4, -0.2) is 54.7 Å². The summed E-state index contributed by atoms with van der Waals surface area (Å²) in [6, 6.07) is 8.44. The quantitative estimate of drug-likeness (QED) is 0.399. The smallest absolute Gasteiger partial charge is 0.329 e. The zero-order valence-corrected chi connectivity index (χ0v) is 15.9. The fourth-order valence-electron chi connectivity index (χ4n) is 2.18. The molecule has 0 aliphatic carbocycles. The van der Waals surface area contributed by atoms with Crippen LogP contribution < -0.4 is 4.74 Å². The van der Waals surface area contributed by atoms with Crippen LogP contribution >= 0.6 is 11.6 Å². The maximum absolute atomic E-state index is 11.9. The number of likely N-dealkylation sites (N-methyl/N-ethyl adjacent to an activating group) is 1. The van der Waals surface area contributed by atoms with E-state index in [2.05, 4.69) is 5.10 Å². The normalized spacial score (nSPS) is 12.9. The van der Waals surface area contributed by atoms with E-state index in [1.807, 2.05) is 19.1 Å². The zero-order valence-electron chi connectivity index (χ0n) is 15.2. The Morgan fingerprint density at radius 1 is 1.31 bits per heavy atom. The van der Waals surface area contributed by atoms with E-state index in [1.54, 1.807) is 42.2 Å². The second kappa shape index (κ2) is 9.38. The van der Waals surface area contributed by atoms with Gasteiger partial charge in [-0.3, -0.25) is 0 Å². The molecule has 0 radical (unpaired) electrons. The van der Waals surface area contributed by atoms with Gasteiger partial charge in [0.05, 0.1) is 19.9 Å². The van der Waals surface area contributed by atoms with Crippen LogP contribution in [0.2, 0.25) is 5.02 Å². The van der Waals surface area contributed by atoms with Crippen molar-refractivity contribution in [3.63, 3.8) is 0 Å². The number of rotatable bonds is 8. The van der Waals surface area contributed by atoms with Gasteiger partial charge in [-0.1, -0.05) is 17.7 Å². The molecular formula is C18H22ClN3O4. The van der Waals surface area contributed by atoms with E-state index in [0.717, 1.165) is 11.3 Å². The minimum absolute atomic E-state index is 0.280. The molecule has 140 valence electrons. The Kier molecular flexibility index (Phi) is 7.20. The van der Waals surface area contributed by atoms with Crippen molar-refractivity contribution < 1.29 is 19.1 Å². The first-order valence-electron chi connectivity index (χ1n) is 7.91. The lowest BCUT2D eigenvalue weighted by Crippen LogP contribution is -2.37. The number of esters is 1. The summed E-state index contributed by atoms with van der Waals surface area (Å²) in [5.41, 5.74) is 1.72. The molecular weight excluding hydrogens is 358 g/mol. The third-order valence-corrected chi connectivity index (χ3v) is 3.92. The Morgan fingerprint density at radius 2 is 2.00 bits per heavy atom. The third kappa shape index (κ3) is 5.32. The highest BCUT2D eigenvalue weighted by molar-refractivity contribution is 6.30. The topological polar surface area (TPSA) is 65.8 Å². The molecule has 0 saturated heterocycles. The Bertz CT molecular complexity index is 758. The van der Waals surface area contributed by atoms with Crippen LogP contribution in [0.4, 0.5) is 0 Å². The molecule has 2 rings (SSSR count). The molecule has 1 aromatic carbocycles. The summed E-state index contributed by atoms with van der Waals surface area (Å²) < 4.78 is 12.2. The standard InChI is InChI=1S/C18H22ClN3O4/c1-13(11-16(18(23)24-3)21(2)25-4)12-26-17-9-10-22(20-17)15-7-5-14(19)6-8-15/h5-11,16H,12H2,1-4H3. The molecule has 2 aromatic rings. The maximum atomic E-state index is 11.9. The van der Waals surface area contributed by atoms with Crippen molar-refractivity contribution in [1.82, 2.24) is 14.8 Å². The molecule has 7 nitrogen and oxygen atoms in total. The highest BCUT2D eigenvalue weighted by atomic mass is 35.5. The molecule has 0 spiro atoms. The summed E-state index contributed by atoms with van der Waals surface area (Å²) in [6.07, 6.45) is 3.53. The molecule has 0 bridgehead atoms. The summed E-state index contributed by atoms with van der Waals surface area (Å²) in [5.74, 6) is 0.0585. The highest BCUT2D eigenvalue weighted by Crippen LogP contribution is 2.16. The van der Waals surface area contributed by atoms with Crippen LogP contribution in [0.25, 0.3) is 5.69 Å². The Morgan fingerprint density at radius 3 is 2.62 bits per heavy atom. The first kappa shape index (κ1) is 20.0. The van der Waals surface area contributed by atoms with Crippen LogP contribution in [-0.2, 0) is 14.4 Å². The van der Waals surface area contributed by atoms with Crippen molar-refractivity contribution in [3.05, 3.63) is 53.2 Å². The lowest BCUT2D eigenvalue weighted by molar-refractivity contribution is -0.170. The Labute approximate surface area is 157 Å². The number of hydrogen-bond acceptors (Lipinski definition) is 6. The Balaban J connectivity index is 2.01. The molecule has 1 atom stereocenters. The van der Waals surface area contributed by atoms with E-state index in [0.29, 0.717) is 10.9 Å². The number of hydrogen-bond donors (Lipinski definition) is 0. The van der Waals surface area contributed by atoms with Crippen molar-refractivity contribution in [3.8, 4) is 11.6 Å². The molecule has 0 aliphatic rings. The van der Waals surface area contributed by atoms with E-state index >= 15 is 0 Å². The van der Waals surface area contributed by atoms with Crippen LogP contribution in [0.1, 0.15) is 6.92 Å². The van der Waals surface area contributed by atoms with Crippen LogP contribution in [0.5, 0.6) is 5.88 Å². The monoisotopic (exact) mass is 379 g/mol. The van der Waals surface area contributed by atoms with Gasteiger partial charge in [-0.2, -0.15) is 5.06 Å². The molecule has 0 saturated carbocycles. The molecule has 0 N–H and O–H groups in total.